The summed E-state index contributed by atoms with van der Waals surface area (Å²) >= 11 is 0. The highest BCUT2D eigenvalue weighted by atomic mass is 127. The van der Waals surface area contributed by atoms with Gasteiger partial charge in [-0.15, -0.1) is 24.0 Å². The Labute approximate surface area is 146 Å². The summed E-state index contributed by atoms with van der Waals surface area (Å²) in [6, 6.07) is 0. The first-order chi connectivity index (χ1) is 9.86. The van der Waals surface area contributed by atoms with Gasteiger partial charge in [-0.3, -0.25) is 4.99 Å². The van der Waals surface area contributed by atoms with Gasteiger partial charge in [0.2, 0.25) is 0 Å². The minimum atomic E-state index is 0. The van der Waals surface area contributed by atoms with Gasteiger partial charge in [0.15, 0.2) is 5.96 Å². The molecule has 0 aromatic carbocycles. The molecule has 0 saturated heterocycles. The Bertz CT molecular complexity index is 261. The second-order valence-corrected chi connectivity index (χ2v) is 5.17. The molecule has 5 nitrogen and oxygen atoms in total. The topological polar surface area (TPSA) is 54.9 Å². The monoisotopic (exact) mass is 413 g/mol. The maximum atomic E-state index is 5.51. The molecule has 1 aliphatic rings. The molecule has 1 saturated carbocycles. The van der Waals surface area contributed by atoms with Gasteiger partial charge in [0.05, 0.1) is 19.8 Å². The van der Waals surface area contributed by atoms with Crippen molar-refractivity contribution in [1.82, 2.24) is 10.6 Å². The van der Waals surface area contributed by atoms with Crippen molar-refractivity contribution in [2.45, 2.75) is 39.5 Å². The lowest BCUT2D eigenvalue weighted by molar-refractivity contribution is 0.0487. The fourth-order valence-corrected chi connectivity index (χ4v) is 1.67. The minimum absolute atomic E-state index is 0. The van der Waals surface area contributed by atoms with Crippen LogP contribution in [0.3, 0.4) is 0 Å². The van der Waals surface area contributed by atoms with Gasteiger partial charge in [-0.1, -0.05) is 13.3 Å². The molecule has 0 heterocycles. The van der Waals surface area contributed by atoms with Crippen molar-refractivity contribution in [1.29, 1.82) is 0 Å². The Kier molecular flexibility index (Phi) is 14.8. The first-order valence-corrected chi connectivity index (χ1v) is 8.04. The molecule has 0 aromatic heterocycles. The van der Waals surface area contributed by atoms with Gasteiger partial charge in [-0.25, -0.2) is 0 Å². The van der Waals surface area contributed by atoms with Crippen LogP contribution >= 0.6 is 24.0 Å². The number of aliphatic imine (C=N–C) groups is 1. The zero-order chi connectivity index (χ0) is 14.5. The minimum Gasteiger partial charge on any atom is -0.379 e. The summed E-state index contributed by atoms with van der Waals surface area (Å²) in [6.45, 7) is 9.75. The van der Waals surface area contributed by atoms with Crippen LogP contribution in [-0.2, 0) is 9.47 Å². The molecule has 0 radical (unpaired) electrons. The second-order valence-electron chi connectivity index (χ2n) is 5.17. The summed E-state index contributed by atoms with van der Waals surface area (Å²) in [5, 5.41) is 6.54. The zero-order valence-electron chi connectivity index (χ0n) is 13.5. The zero-order valence-corrected chi connectivity index (χ0v) is 15.9. The fourth-order valence-electron chi connectivity index (χ4n) is 1.67. The number of rotatable bonds is 12. The molecule has 0 bridgehead atoms. The van der Waals surface area contributed by atoms with Crippen LogP contribution < -0.4 is 10.6 Å². The highest BCUT2D eigenvalue weighted by Crippen LogP contribution is 2.28. The number of nitrogens with zero attached hydrogens (tertiary/aromatic N) is 1. The van der Waals surface area contributed by atoms with Crippen LogP contribution in [0.1, 0.15) is 39.5 Å². The molecule has 0 unspecified atom stereocenters. The van der Waals surface area contributed by atoms with Crippen molar-refractivity contribution in [3.05, 3.63) is 0 Å². The molecule has 0 aromatic rings. The van der Waals surface area contributed by atoms with Crippen LogP contribution in [0.5, 0.6) is 0 Å². The number of unbranched alkanes of at least 4 members (excludes halogenated alkanes) is 1. The van der Waals surface area contributed by atoms with Gasteiger partial charge >= 0.3 is 0 Å². The lowest BCUT2D eigenvalue weighted by Crippen LogP contribution is -2.39. The molecular weight excluding hydrogens is 381 g/mol. The summed E-state index contributed by atoms with van der Waals surface area (Å²) < 4.78 is 10.9. The molecule has 1 rings (SSSR count). The lowest BCUT2D eigenvalue weighted by Gasteiger charge is -2.11. The molecule has 1 aliphatic carbocycles. The highest BCUT2D eigenvalue weighted by molar-refractivity contribution is 14.0. The van der Waals surface area contributed by atoms with Crippen LogP contribution in [0.2, 0.25) is 0 Å². The third-order valence-electron chi connectivity index (χ3n) is 3.10. The third kappa shape index (κ3) is 13.3. The lowest BCUT2D eigenvalue weighted by atomic mass is 10.4. The van der Waals surface area contributed by atoms with E-state index in [9.17, 15) is 0 Å². The molecule has 0 spiro atoms. The SMILES string of the molecule is CCCCOCCOCCNC(=NCC1CC1)NCC.I. The van der Waals surface area contributed by atoms with Crippen molar-refractivity contribution in [3.63, 3.8) is 0 Å². The summed E-state index contributed by atoms with van der Waals surface area (Å²) in [7, 11) is 0. The van der Waals surface area contributed by atoms with E-state index >= 15 is 0 Å². The first kappa shape index (κ1) is 20.9. The molecule has 1 fully saturated rings. The van der Waals surface area contributed by atoms with Gasteiger partial charge in [0.1, 0.15) is 0 Å². The van der Waals surface area contributed by atoms with E-state index in [4.69, 9.17) is 9.47 Å². The van der Waals surface area contributed by atoms with E-state index in [1.54, 1.807) is 0 Å². The molecule has 126 valence electrons. The van der Waals surface area contributed by atoms with Crippen LogP contribution in [-0.4, -0.2) is 52.0 Å². The first-order valence-electron chi connectivity index (χ1n) is 8.04. The predicted molar refractivity (Wildman–Crippen MR) is 98.7 cm³/mol. The number of nitrogens with one attached hydrogen (secondary N) is 2. The van der Waals surface area contributed by atoms with E-state index in [1.807, 2.05) is 0 Å². The molecule has 6 heteroatoms. The largest absolute Gasteiger partial charge is 0.379 e. The molecule has 0 atom stereocenters. The smallest absolute Gasteiger partial charge is 0.191 e. The molecular formula is C15H32IN3O2. The van der Waals surface area contributed by atoms with Crippen LogP contribution in [0.25, 0.3) is 0 Å². The quantitative estimate of drug-likeness (QED) is 0.223. The van der Waals surface area contributed by atoms with E-state index in [1.165, 1.54) is 19.3 Å². The maximum Gasteiger partial charge on any atom is 0.191 e. The van der Waals surface area contributed by atoms with Gasteiger partial charge in [0.25, 0.3) is 0 Å². The van der Waals surface area contributed by atoms with Crippen LogP contribution in [0.15, 0.2) is 4.99 Å². The average Bonchev–Trinajstić information content (AvgIpc) is 3.27. The molecule has 2 N–H and O–H groups in total. The van der Waals surface area contributed by atoms with Crippen molar-refractivity contribution in [2.24, 2.45) is 10.9 Å². The van der Waals surface area contributed by atoms with Gasteiger partial charge in [-0.2, -0.15) is 0 Å². The molecule has 0 aliphatic heterocycles. The van der Waals surface area contributed by atoms with E-state index in [0.29, 0.717) is 19.8 Å². The van der Waals surface area contributed by atoms with Crippen LogP contribution in [0.4, 0.5) is 0 Å². The van der Waals surface area contributed by atoms with Crippen molar-refractivity contribution >= 4 is 29.9 Å². The Morgan fingerprint density at radius 2 is 1.76 bits per heavy atom. The normalized spacial score (nSPS) is 14.7. The van der Waals surface area contributed by atoms with Crippen LogP contribution in [0, 0.1) is 5.92 Å². The van der Waals surface area contributed by atoms with E-state index in [2.05, 4.69) is 29.5 Å². The average molecular weight is 413 g/mol. The Balaban J connectivity index is 0.00000400. The van der Waals surface area contributed by atoms with Crippen molar-refractivity contribution in [2.75, 3.05) is 46.1 Å². The Morgan fingerprint density at radius 3 is 2.38 bits per heavy atom. The molecule has 21 heavy (non-hydrogen) atoms. The molecule has 0 amide bonds. The van der Waals surface area contributed by atoms with Gasteiger partial charge < -0.3 is 20.1 Å². The number of halogens is 1. The summed E-state index contributed by atoms with van der Waals surface area (Å²) in [5.74, 6) is 1.73. The van der Waals surface area contributed by atoms with Gasteiger partial charge in [0, 0.05) is 26.2 Å². The third-order valence-corrected chi connectivity index (χ3v) is 3.10. The highest BCUT2D eigenvalue weighted by Gasteiger charge is 2.20. The van der Waals surface area contributed by atoms with E-state index < -0.39 is 0 Å². The standard InChI is InChI=1S/C15H31N3O2.HI/c1-3-5-9-19-11-12-20-10-8-17-15(16-4-2)18-13-14-6-7-14;/h14H,3-13H2,1-2H3,(H2,16,17,18);1H. The number of hydrogen-bond acceptors (Lipinski definition) is 3. The summed E-state index contributed by atoms with van der Waals surface area (Å²) in [6.07, 6.45) is 4.98. The fraction of sp³-hybridized carbons (Fsp3) is 0.933. The summed E-state index contributed by atoms with van der Waals surface area (Å²) in [4.78, 5) is 4.56. The van der Waals surface area contributed by atoms with E-state index in [-0.39, 0.29) is 24.0 Å². The summed E-state index contributed by atoms with van der Waals surface area (Å²) in [5.41, 5.74) is 0. The number of guanidine groups is 1. The van der Waals surface area contributed by atoms with Crippen molar-refractivity contribution in [3.8, 4) is 0 Å². The predicted octanol–water partition coefficient (Wildman–Crippen LogP) is 2.40. The van der Waals surface area contributed by atoms with E-state index in [0.717, 1.165) is 44.5 Å². The number of ether oxygens (including phenoxy) is 2. The Morgan fingerprint density at radius 1 is 1.05 bits per heavy atom. The second kappa shape index (κ2) is 14.8. The van der Waals surface area contributed by atoms with Gasteiger partial charge in [-0.05, 0) is 32.1 Å². The van der Waals surface area contributed by atoms with Crippen molar-refractivity contribution < 1.29 is 9.47 Å². The Hall–Kier alpha value is -0.0800. The number of hydrogen-bond donors (Lipinski definition) is 2. The maximum absolute atomic E-state index is 5.51.